The Labute approximate surface area is 138 Å². The maximum atomic E-state index is 13.1. The number of carbonyl (C=O) groups is 1. The molecule has 3 rings (SSSR count). The van der Waals surface area contributed by atoms with Crippen molar-refractivity contribution >= 4 is 17.7 Å². The highest BCUT2D eigenvalue weighted by Gasteiger charge is 2.23. The zero-order valence-electron chi connectivity index (χ0n) is 12.5. The van der Waals surface area contributed by atoms with Crippen LogP contribution >= 0.6 is 11.8 Å². The molecule has 1 aromatic carbocycles. The van der Waals surface area contributed by atoms with Crippen molar-refractivity contribution in [2.24, 2.45) is 0 Å². The number of amides is 1. The minimum atomic E-state index is -0.296. The summed E-state index contributed by atoms with van der Waals surface area (Å²) in [4.78, 5) is 11.8. The minimum Gasteiger partial charge on any atom is -0.353 e. The van der Waals surface area contributed by atoms with E-state index in [1.807, 2.05) is 4.57 Å². The van der Waals surface area contributed by atoms with Gasteiger partial charge in [-0.2, -0.15) is 0 Å². The van der Waals surface area contributed by atoms with E-state index in [1.54, 1.807) is 18.2 Å². The van der Waals surface area contributed by atoms with E-state index in [1.165, 1.54) is 23.9 Å². The Morgan fingerprint density at radius 3 is 2.78 bits per heavy atom. The van der Waals surface area contributed by atoms with Crippen LogP contribution in [0.25, 0.3) is 11.4 Å². The summed E-state index contributed by atoms with van der Waals surface area (Å²) >= 11 is 1.34. The van der Waals surface area contributed by atoms with E-state index >= 15 is 0 Å². The summed E-state index contributed by atoms with van der Waals surface area (Å²) in [6.07, 6.45) is 3.88. The molecular formula is C16H17FN4OS. The number of halogens is 1. The van der Waals surface area contributed by atoms with Gasteiger partial charge in [0.25, 0.3) is 0 Å². The molecule has 2 aromatic rings. The Balaban J connectivity index is 1.75. The van der Waals surface area contributed by atoms with Crippen molar-refractivity contribution in [2.75, 3.05) is 5.75 Å². The molecule has 1 aromatic heterocycles. The van der Waals surface area contributed by atoms with Gasteiger partial charge in [-0.3, -0.25) is 9.36 Å². The fourth-order valence-corrected chi connectivity index (χ4v) is 2.89. The van der Waals surface area contributed by atoms with Crippen LogP contribution in [-0.4, -0.2) is 32.5 Å². The van der Waals surface area contributed by atoms with Crippen molar-refractivity contribution in [1.82, 2.24) is 20.1 Å². The molecule has 0 spiro atoms. The van der Waals surface area contributed by atoms with Crippen LogP contribution in [0.15, 0.2) is 42.1 Å². The fraction of sp³-hybridized carbons (Fsp3) is 0.312. The summed E-state index contributed by atoms with van der Waals surface area (Å²) < 4.78 is 14.9. The maximum absolute atomic E-state index is 13.1. The second-order valence-electron chi connectivity index (χ2n) is 5.34. The van der Waals surface area contributed by atoms with Crippen LogP contribution in [0.4, 0.5) is 4.39 Å². The lowest BCUT2D eigenvalue weighted by molar-refractivity contribution is -0.118. The monoisotopic (exact) mass is 332 g/mol. The van der Waals surface area contributed by atoms with Crippen LogP contribution in [-0.2, 0) is 11.3 Å². The Bertz CT molecular complexity index is 709. The predicted molar refractivity (Wildman–Crippen MR) is 87.5 cm³/mol. The molecule has 1 amide bonds. The molecule has 1 N–H and O–H groups in total. The number of allylic oxidation sites excluding steroid dienone is 1. The second-order valence-corrected chi connectivity index (χ2v) is 6.29. The van der Waals surface area contributed by atoms with Crippen molar-refractivity contribution < 1.29 is 9.18 Å². The molecule has 0 aliphatic heterocycles. The van der Waals surface area contributed by atoms with Crippen molar-refractivity contribution in [3.63, 3.8) is 0 Å². The van der Waals surface area contributed by atoms with E-state index in [2.05, 4.69) is 22.1 Å². The number of thioether (sulfide) groups is 1. The topological polar surface area (TPSA) is 59.8 Å². The highest BCUT2D eigenvalue weighted by Crippen LogP contribution is 2.25. The first kappa shape index (κ1) is 15.7. The van der Waals surface area contributed by atoms with E-state index in [-0.39, 0.29) is 11.7 Å². The number of hydrogen-bond acceptors (Lipinski definition) is 4. The minimum absolute atomic E-state index is 0.00832. The standard InChI is InChI=1S/C16H17FN4OS/c1-2-9-21-15(11-3-5-12(17)6-4-11)19-20-16(21)23-10-14(22)18-13-7-8-13/h2-6,13H,1,7-10H2,(H,18,22). The Morgan fingerprint density at radius 1 is 1.39 bits per heavy atom. The zero-order chi connectivity index (χ0) is 16.2. The zero-order valence-corrected chi connectivity index (χ0v) is 13.4. The highest BCUT2D eigenvalue weighted by molar-refractivity contribution is 7.99. The van der Waals surface area contributed by atoms with Gasteiger partial charge in [0.15, 0.2) is 11.0 Å². The summed E-state index contributed by atoms with van der Waals surface area (Å²) in [7, 11) is 0. The van der Waals surface area contributed by atoms with Crippen LogP contribution in [0.2, 0.25) is 0 Å². The first-order valence-electron chi connectivity index (χ1n) is 7.39. The molecule has 0 unspecified atom stereocenters. The normalized spacial score (nSPS) is 13.8. The van der Waals surface area contributed by atoms with Gasteiger partial charge in [-0.25, -0.2) is 4.39 Å². The molecule has 0 atom stereocenters. The van der Waals surface area contributed by atoms with Gasteiger partial charge >= 0.3 is 0 Å². The largest absolute Gasteiger partial charge is 0.353 e. The van der Waals surface area contributed by atoms with Gasteiger partial charge in [-0.1, -0.05) is 17.8 Å². The first-order chi connectivity index (χ1) is 11.2. The summed E-state index contributed by atoms with van der Waals surface area (Å²) in [5.74, 6) is 0.647. The molecular weight excluding hydrogens is 315 g/mol. The molecule has 1 saturated carbocycles. The summed E-state index contributed by atoms with van der Waals surface area (Å²) in [6.45, 7) is 4.26. The number of rotatable bonds is 7. The number of nitrogens with zero attached hydrogens (tertiary/aromatic N) is 3. The molecule has 120 valence electrons. The van der Waals surface area contributed by atoms with Crippen molar-refractivity contribution in [2.45, 2.75) is 30.6 Å². The Kier molecular flexibility index (Phi) is 4.76. The Morgan fingerprint density at radius 2 is 2.13 bits per heavy atom. The Hall–Kier alpha value is -2.15. The first-order valence-corrected chi connectivity index (χ1v) is 8.38. The van der Waals surface area contributed by atoms with Gasteiger partial charge < -0.3 is 5.32 Å². The lowest BCUT2D eigenvalue weighted by atomic mass is 10.2. The smallest absolute Gasteiger partial charge is 0.230 e. The molecule has 23 heavy (non-hydrogen) atoms. The van der Waals surface area contributed by atoms with Gasteiger partial charge in [0, 0.05) is 18.2 Å². The van der Waals surface area contributed by atoms with Crippen molar-refractivity contribution in [3.8, 4) is 11.4 Å². The summed E-state index contributed by atoms with van der Waals surface area (Å²) in [6, 6.07) is 6.44. The summed E-state index contributed by atoms with van der Waals surface area (Å²) in [5, 5.41) is 11.9. The number of aromatic nitrogens is 3. The number of carbonyl (C=O) groups excluding carboxylic acids is 1. The van der Waals surface area contributed by atoms with Gasteiger partial charge in [0.05, 0.1) is 5.75 Å². The molecule has 1 heterocycles. The van der Waals surface area contributed by atoms with E-state index in [0.717, 1.165) is 18.4 Å². The van der Waals surface area contributed by atoms with Crippen LogP contribution < -0.4 is 5.32 Å². The SMILES string of the molecule is C=CCn1c(SCC(=O)NC2CC2)nnc1-c1ccc(F)cc1. The molecule has 5 nitrogen and oxygen atoms in total. The van der Waals surface area contributed by atoms with Crippen molar-refractivity contribution in [1.29, 1.82) is 0 Å². The number of hydrogen-bond donors (Lipinski definition) is 1. The maximum Gasteiger partial charge on any atom is 0.230 e. The molecule has 7 heteroatoms. The third-order valence-electron chi connectivity index (χ3n) is 3.41. The average Bonchev–Trinajstić information content (AvgIpc) is 3.26. The highest BCUT2D eigenvalue weighted by atomic mass is 32.2. The number of benzene rings is 1. The fourth-order valence-electron chi connectivity index (χ4n) is 2.13. The van der Waals surface area contributed by atoms with Crippen LogP contribution in [0.3, 0.4) is 0 Å². The van der Waals surface area contributed by atoms with E-state index < -0.39 is 0 Å². The number of nitrogens with one attached hydrogen (secondary N) is 1. The molecule has 1 aliphatic carbocycles. The van der Waals surface area contributed by atoms with Gasteiger partial charge in [-0.15, -0.1) is 16.8 Å². The molecule has 1 aliphatic rings. The van der Waals surface area contributed by atoms with E-state index in [4.69, 9.17) is 0 Å². The van der Waals surface area contributed by atoms with Crippen LogP contribution in [0, 0.1) is 5.82 Å². The quantitative estimate of drug-likeness (QED) is 0.625. The van der Waals surface area contributed by atoms with Gasteiger partial charge in [0.1, 0.15) is 5.82 Å². The summed E-state index contributed by atoms with van der Waals surface area (Å²) in [5.41, 5.74) is 0.773. The molecule has 0 radical (unpaired) electrons. The molecule has 0 saturated heterocycles. The molecule has 1 fully saturated rings. The predicted octanol–water partition coefficient (Wildman–Crippen LogP) is 2.64. The third kappa shape index (κ3) is 3.98. The lowest BCUT2D eigenvalue weighted by Crippen LogP contribution is -2.27. The second kappa shape index (κ2) is 6.95. The lowest BCUT2D eigenvalue weighted by Gasteiger charge is -2.08. The van der Waals surface area contributed by atoms with Gasteiger partial charge in [0.2, 0.25) is 5.91 Å². The average molecular weight is 332 g/mol. The van der Waals surface area contributed by atoms with E-state index in [9.17, 15) is 9.18 Å². The third-order valence-corrected chi connectivity index (χ3v) is 4.37. The van der Waals surface area contributed by atoms with Crippen LogP contribution in [0.1, 0.15) is 12.8 Å². The molecule has 0 bridgehead atoms. The van der Waals surface area contributed by atoms with Crippen LogP contribution in [0.5, 0.6) is 0 Å². The van der Waals surface area contributed by atoms with Crippen molar-refractivity contribution in [3.05, 3.63) is 42.7 Å². The van der Waals surface area contributed by atoms with Gasteiger partial charge in [-0.05, 0) is 37.1 Å². The van der Waals surface area contributed by atoms with E-state index in [0.29, 0.717) is 29.3 Å².